The fourth-order valence-corrected chi connectivity index (χ4v) is 4.20. The Morgan fingerprint density at radius 3 is 2.10 bits per heavy atom. The molecule has 1 heterocycles. The summed E-state index contributed by atoms with van der Waals surface area (Å²) in [5.74, 6) is 0.389. The lowest BCUT2D eigenvalue weighted by Gasteiger charge is -2.35. The average Bonchev–Trinajstić information content (AvgIpc) is 2.57. The molecule has 1 saturated carbocycles. The molecule has 114 valence electrons. The van der Waals surface area contributed by atoms with Gasteiger partial charge in [0, 0.05) is 5.92 Å². The van der Waals surface area contributed by atoms with Crippen LogP contribution in [0.2, 0.25) is 0 Å². The van der Waals surface area contributed by atoms with E-state index in [1.54, 1.807) is 11.8 Å². The number of carbonyl (C=O) groups is 2. The van der Waals surface area contributed by atoms with E-state index in [9.17, 15) is 9.59 Å². The molecule has 0 aromatic carbocycles. The fraction of sp³-hybridized carbons (Fsp3) is 0.875. The summed E-state index contributed by atoms with van der Waals surface area (Å²) in [6.45, 7) is 15.1. The van der Waals surface area contributed by atoms with Crippen LogP contribution in [-0.4, -0.2) is 35.5 Å². The summed E-state index contributed by atoms with van der Waals surface area (Å²) < 4.78 is 5.10. The Kier molecular flexibility index (Phi) is 3.23. The van der Waals surface area contributed by atoms with Gasteiger partial charge in [0.15, 0.2) is 5.78 Å². The van der Waals surface area contributed by atoms with Crippen LogP contribution in [0.1, 0.15) is 48.5 Å². The van der Waals surface area contributed by atoms with E-state index in [4.69, 9.17) is 4.74 Å². The molecule has 1 aliphatic carbocycles. The van der Waals surface area contributed by atoms with E-state index in [2.05, 4.69) is 27.7 Å². The number of hydrogen-bond acceptors (Lipinski definition) is 3. The normalized spacial score (nSPS) is 30.4. The zero-order chi connectivity index (χ0) is 15.5. The van der Waals surface area contributed by atoms with Gasteiger partial charge in [-0.25, -0.2) is 4.79 Å². The molecule has 20 heavy (non-hydrogen) atoms. The zero-order valence-electron chi connectivity index (χ0n) is 13.7. The van der Waals surface area contributed by atoms with E-state index in [1.165, 1.54) is 0 Å². The first-order chi connectivity index (χ1) is 8.99. The number of ketones is 1. The Hall–Kier alpha value is -1.06. The number of hydrogen-bond donors (Lipinski definition) is 0. The topological polar surface area (TPSA) is 46.6 Å². The minimum atomic E-state index is -0.473. The highest BCUT2D eigenvalue weighted by molar-refractivity contribution is 5.92. The molecule has 4 heteroatoms. The molecule has 0 bridgehead atoms. The highest BCUT2D eigenvalue weighted by Crippen LogP contribution is 2.73. The van der Waals surface area contributed by atoms with Crippen molar-refractivity contribution < 1.29 is 14.3 Å². The van der Waals surface area contributed by atoms with Crippen molar-refractivity contribution in [3.8, 4) is 0 Å². The lowest BCUT2D eigenvalue weighted by Crippen LogP contribution is -2.47. The Labute approximate surface area is 121 Å². The van der Waals surface area contributed by atoms with Crippen molar-refractivity contribution >= 4 is 11.9 Å². The van der Waals surface area contributed by atoms with Crippen molar-refractivity contribution in [1.29, 1.82) is 0 Å². The summed E-state index contributed by atoms with van der Waals surface area (Å²) in [4.78, 5) is 26.2. The van der Waals surface area contributed by atoms with Crippen LogP contribution in [0.4, 0.5) is 4.79 Å². The van der Waals surface area contributed by atoms with E-state index in [1.807, 2.05) is 13.8 Å². The summed E-state index contributed by atoms with van der Waals surface area (Å²) in [5, 5.41) is 0. The van der Waals surface area contributed by atoms with Crippen LogP contribution in [0.15, 0.2) is 0 Å². The highest BCUT2D eigenvalue weighted by atomic mass is 16.6. The van der Waals surface area contributed by atoms with E-state index in [0.717, 1.165) is 0 Å². The largest absolute Gasteiger partial charge is 0.450 e. The molecule has 0 radical (unpaired) electrons. The number of Topliss-reactive ketones (excluding diaryl/α,β-unsaturated/α-hetero) is 1. The standard InChI is InChI=1S/C16H27NO3/c1-8-20-13(19)17-9-10(18)11(16(17,6)7)12-14(2,3)15(12,4)5/h11-12H,8-9H2,1-7H3. The Morgan fingerprint density at radius 1 is 1.20 bits per heavy atom. The van der Waals surface area contributed by atoms with E-state index in [-0.39, 0.29) is 35.2 Å². The van der Waals surface area contributed by atoms with Gasteiger partial charge in [0.25, 0.3) is 0 Å². The van der Waals surface area contributed by atoms with Gasteiger partial charge in [-0.2, -0.15) is 0 Å². The number of rotatable bonds is 2. The second-order valence-electron chi connectivity index (χ2n) is 7.80. The number of amides is 1. The van der Waals surface area contributed by atoms with Crippen LogP contribution in [0.3, 0.4) is 0 Å². The van der Waals surface area contributed by atoms with Gasteiger partial charge in [-0.3, -0.25) is 9.69 Å². The molecule has 1 saturated heterocycles. The predicted molar refractivity (Wildman–Crippen MR) is 77.4 cm³/mol. The second kappa shape index (κ2) is 4.22. The van der Waals surface area contributed by atoms with Crippen molar-refractivity contribution in [3.63, 3.8) is 0 Å². The maximum atomic E-state index is 12.5. The van der Waals surface area contributed by atoms with Crippen LogP contribution in [0, 0.1) is 22.7 Å². The molecular formula is C16H27NO3. The van der Waals surface area contributed by atoms with Crippen LogP contribution < -0.4 is 0 Å². The third kappa shape index (κ3) is 1.80. The van der Waals surface area contributed by atoms with Crippen molar-refractivity contribution in [3.05, 3.63) is 0 Å². The first-order valence-corrected chi connectivity index (χ1v) is 7.46. The van der Waals surface area contributed by atoms with Crippen LogP contribution >= 0.6 is 0 Å². The Bertz CT molecular complexity index is 437. The lowest BCUT2D eigenvalue weighted by molar-refractivity contribution is -0.121. The zero-order valence-corrected chi connectivity index (χ0v) is 13.7. The molecule has 1 unspecified atom stereocenters. The van der Waals surface area contributed by atoms with Crippen molar-refractivity contribution in [2.75, 3.05) is 13.2 Å². The third-order valence-corrected chi connectivity index (χ3v) is 6.07. The summed E-state index contributed by atoms with van der Waals surface area (Å²) >= 11 is 0. The van der Waals surface area contributed by atoms with E-state index in [0.29, 0.717) is 12.5 Å². The van der Waals surface area contributed by atoms with E-state index < -0.39 is 5.54 Å². The quantitative estimate of drug-likeness (QED) is 0.781. The number of nitrogens with zero attached hydrogens (tertiary/aromatic N) is 1. The second-order valence-corrected chi connectivity index (χ2v) is 7.80. The molecule has 1 atom stereocenters. The molecule has 0 N–H and O–H groups in total. The van der Waals surface area contributed by atoms with Gasteiger partial charge < -0.3 is 4.74 Å². The summed E-state index contributed by atoms with van der Waals surface area (Å²) in [7, 11) is 0. The lowest BCUT2D eigenvalue weighted by atomic mass is 9.80. The van der Waals surface area contributed by atoms with Gasteiger partial charge in [-0.15, -0.1) is 0 Å². The maximum absolute atomic E-state index is 12.5. The molecule has 4 nitrogen and oxygen atoms in total. The SMILES string of the molecule is CCOC(=O)N1CC(=O)C(C2C(C)(C)C2(C)C)C1(C)C. The van der Waals surface area contributed by atoms with Gasteiger partial charge in [0.1, 0.15) is 0 Å². The van der Waals surface area contributed by atoms with Gasteiger partial charge in [0.2, 0.25) is 0 Å². The number of ether oxygens (including phenoxy) is 1. The monoisotopic (exact) mass is 281 g/mol. The maximum Gasteiger partial charge on any atom is 0.410 e. The van der Waals surface area contributed by atoms with Gasteiger partial charge in [0.05, 0.1) is 18.7 Å². The molecule has 1 aliphatic heterocycles. The van der Waals surface area contributed by atoms with Crippen molar-refractivity contribution in [1.82, 2.24) is 4.90 Å². The van der Waals surface area contributed by atoms with Gasteiger partial charge in [-0.05, 0) is 37.5 Å². The van der Waals surface area contributed by atoms with Gasteiger partial charge in [-0.1, -0.05) is 27.7 Å². The fourth-order valence-electron chi connectivity index (χ4n) is 4.20. The predicted octanol–water partition coefficient (Wildman–Crippen LogP) is 3.10. The third-order valence-electron chi connectivity index (χ3n) is 6.07. The van der Waals surface area contributed by atoms with Crippen molar-refractivity contribution in [2.45, 2.75) is 54.0 Å². The first-order valence-electron chi connectivity index (χ1n) is 7.46. The minimum absolute atomic E-state index is 0.100. The first kappa shape index (κ1) is 15.3. The summed E-state index contributed by atoms with van der Waals surface area (Å²) in [5.41, 5.74) is -0.205. The molecule has 0 aromatic heterocycles. The number of likely N-dealkylation sites (tertiary alicyclic amines) is 1. The molecular weight excluding hydrogens is 254 g/mol. The molecule has 2 rings (SSSR count). The average molecular weight is 281 g/mol. The number of carbonyl (C=O) groups excluding carboxylic acids is 2. The van der Waals surface area contributed by atoms with Crippen LogP contribution in [0.5, 0.6) is 0 Å². The van der Waals surface area contributed by atoms with Crippen LogP contribution in [-0.2, 0) is 9.53 Å². The Morgan fingerprint density at radius 2 is 1.70 bits per heavy atom. The molecule has 0 aromatic rings. The highest BCUT2D eigenvalue weighted by Gasteiger charge is 2.72. The van der Waals surface area contributed by atoms with Crippen molar-refractivity contribution in [2.24, 2.45) is 22.7 Å². The minimum Gasteiger partial charge on any atom is -0.450 e. The Balaban J connectivity index is 2.29. The molecule has 1 amide bonds. The smallest absolute Gasteiger partial charge is 0.410 e. The molecule has 2 aliphatic rings. The van der Waals surface area contributed by atoms with Gasteiger partial charge >= 0.3 is 6.09 Å². The summed E-state index contributed by atoms with van der Waals surface area (Å²) in [6.07, 6.45) is -0.371. The van der Waals surface area contributed by atoms with Crippen LogP contribution in [0.25, 0.3) is 0 Å². The molecule has 2 fully saturated rings. The molecule has 0 spiro atoms. The summed E-state index contributed by atoms with van der Waals surface area (Å²) in [6, 6.07) is 0. The van der Waals surface area contributed by atoms with E-state index >= 15 is 0 Å².